The van der Waals surface area contributed by atoms with Crippen molar-refractivity contribution in [3.05, 3.63) is 29.8 Å². The van der Waals surface area contributed by atoms with E-state index >= 15 is 0 Å². The fourth-order valence-corrected chi connectivity index (χ4v) is 2.27. The highest BCUT2D eigenvalue weighted by Gasteiger charge is 2.24. The van der Waals surface area contributed by atoms with Gasteiger partial charge >= 0.3 is 0 Å². The Labute approximate surface area is 91.4 Å². The Bertz CT molecular complexity index is 341. The summed E-state index contributed by atoms with van der Waals surface area (Å²) in [5, 5.41) is 0. The van der Waals surface area contributed by atoms with Crippen molar-refractivity contribution in [2.45, 2.75) is 32.2 Å². The second-order valence-corrected chi connectivity index (χ2v) is 5.18. The number of nitrogens with two attached hydrogens (primary N) is 1. The van der Waals surface area contributed by atoms with Crippen LogP contribution in [-0.2, 0) is 6.42 Å². The zero-order valence-electron chi connectivity index (χ0n) is 9.49. The molecular weight excluding hydrogens is 186 g/mol. The summed E-state index contributed by atoms with van der Waals surface area (Å²) >= 11 is 0. The van der Waals surface area contributed by atoms with Gasteiger partial charge < -0.3 is 10.5 Å². The fourth-order valence-electron chi connectivity index (χ4n) is 2.27. The van der Waals surface area contributed by atoms with Gasteiger partial charge in [-0.1, -0.05) is 18.2 Å². The molecule has 1 unspecified atom stereocenters. The molecule has 2 N–H and O–H groups in total. The summed E-state index contributed by atoms with van der Waals surface area (Å²) in [6.07, 6.45) is 2.11. The summed E-state index contributed by atoms with van der Waals surface area (Å²) in [6.45, 7) is 4.96. The van der Waals surface area contributed by atoms with E-state index in [4.69, 9.17) is 10.5 Å². The van der Waals surface area contributed by atoms with E-state index in [9.17, 15) is 0 Å². The number of rotatable bonds is 2. The lowest BCUT2D eigenvalue weighted by molar-refractivity contribution is 0.193. The Balaban J connectivity index is 2.06. The zero-order chi connectivity index (χ0) is 10.9. The van der Waals surface area contributed by atoms with Gasteiger partial charge in [-0.25, -0.2) is 0 Å². The van der Waals surface area contributed by atoms with Crippen LogP contribution in [-0.4, -0.2) is 12.1 Å². The molecule has 2 rings (SSSR count). The van der Waals surface area contributed by atoms with Crippen molar-refractivity contribution in [1.29, 1.82) is 0 Å². The molecule has 0 amide bonds. The summed E-state index contributed by atoms with van der Waals surface area (Å²) in [6, 6.07) is 8.27. The monoisotopic (exact) mass is 205 g/mol. The predicted molar refractivity (Wildman–Crippen MR) is 62.0 cm³/mol. The fraction of sp³-hybridized carbons (Fsp3) is 0.538. The van der Waals surface area contributed by atoms with Gasteiger partial charge in [-0.3, -0.25) is 0 Å². The number of hydrogen-bond acceptors (Lipinski definition) is 2. The van der Waals surface area contributed by atoms with Crippen molar-refractivity contribution in [2.24, 2.45) is 11.7 Å². The van der Waals surface area contributed by atoms with Crippen LogP contribution in [0, 0.1) is 5.92 Å². The number of benzene rings is 1. The predicted octanol–water partition coefficient (Wildman–Crippen LogP) is 2.37. The summed E-state index contributed by atoms with van der Waals surface area (Å²) < 4.78 is 5.73. The molecule has 1 heterocycles. The van der Waals surface area contributed by atoms with Crippen LogP contribution in [0.5, 0.6) is 5.75 Å². The molecule has 0 radical (unpaired) electrons. The highest BCUT2D eigenvalue weighted by Crippen LogP contribution is 2.29. The van der Waals surface area contributed by atoms with Crippen LogP contribution in [0.1, 0.15) is 25.8 Å². The van der Waals surface area contributed by atoms with Crippen LogP contribution in [0.15, 0.2) is 24.3 Å². The van der Waals surface area contributed by atoms with E-state index in [2.05, 4.69) is 26.0 Å². The second kappa shape index (κ2) is 3.86. The minimum Gasteiger partial charge on any atom is -0.493 e. The van der Waals surface area contributed by atoms with Crippen molar-refractivity contribution in [3.63, 3.8) is 0 Å². The van der Waals surface area contributed by atoms with Crippen molar-refractivity contribution in [1.82, 2.24) is 0 Å². The standard InChI is InChI=1S/C13H19NO/c1-13(2,14)8-10-7-11-5-3-4-6-12(11)15-9-10/h3-6,10H,7-9,14H2,1-2H3. The Kier molecular flexibility index (Phi) is 2.70. The third-order valence-electron chi connectivity index (χ3n) is 2.77. The molecule has 1 aromatic carbocycles. The van der Waals surface area contributed by atoms with Crippen molar-refractivity contribution >= 4 is 0 Å². The van der Waals surface area contributed by atoms with Gasteiger partial charge in [0, 0.05) is 5.54 Å². The lowest BCUT2D eigenvalue weighted by Gasteiger charge is -2.30. The zero-order valence-corrected chi connectivity index (χ0v) is 9.49. The first-order valence-electron chi connectivity index (χ1n) is 5.54. The van der Waals surface area contributed by atoms with Gasteiger partial charge in [-0.15, -0.1) is 0 Å². The minimum absolute atomic E-state index is 0.0969. The number of hydrogen-bond donors (Lipinski definition) is 1. The van der Waals surface area contributed by atoms with Gasteiger partial charge in [-0.2, -0.15) is 0 Å². The molecule has 2 nitrogen and oxygen atoms in total. The van der Waals surface area contributed by atoms with Gasteiger partial charge in [0.2, 0.25) is 0 Å². The number of para-hydroxylation sites is 1. The Morgan fingerprint density at radius 1 is 1.40 bits per heavy atom. The van der Waals surface area contributed by atoms with Gasteiger partial charge in [-0.05, 0) is 44.2 Å². The third kappa shape index (κ3) is 2.72. The average molecular weight is 205 g/mol. The maximum atomic E-state index is 6.03. The molecule has 1 atom stereocenters. The number of ether oxygens (including phenoxy) is 1. The molecule has 0 saturated heterocycles. The molecule has 1 aromatic rings. The van der Waals surface area contributed by atoms with Crippen LogP contribution >= 0.6 is 0 Å². The summed E-state index contributed by atoms with van der Waals surface area (Å²) in [4.78, 5) is 0. The van der Waals surface area contributed by atoms with Crippen molar-refractivity contribution < 1.29 is 4.74 Å². The third-order valence-corrected chi connectivity index (χ3v) is 2.77. The van der Waals surface area contributed by atoms with Gasteiger partial charge in [0.1, 0.15) is 5.75 Å². The van der Waals surface area contributed by atoms with E-state index in [1.165, 1.54) is 5.56 Å². The summed E-state index contributed by atoms with van der Waals surface area (Å²) in [5.41, 5.74) is 7.25. The average Bonchev–Trinajstić information content (AvgIpc) is 2.15. The Morgan fingerprint density at radius 2 is 2.13 bits per heavy atom. The van der Waals surface area contributed by atoms with Crippen LogP contribution in [0.25, 0.3) is 0 Å². The van der Waals surface area contributed by atoms with Crippen LogP contribution < -0.4 is 10.5 Å². The summed E-state index contributed by atoms with van der Waals surface area (Å²) in [7, 11) is 0. The van der Waals surface area contributed by atoms with E-state index in [1.807, 2.05) is 12.1 Å². The first-order valence-corrected chi connectivity index (χ1v) is 5.54. The second-order valence-electron chi connectivity index (χ2n) is 5.18. The molecule has 0 aliphatic carbocycles. The van der Waals surface area contributed by atoms with Crippen molar-refractivity contribution in [2.75, 3.05) is 6.61 Å². The summed E-state index contributed by atoms with van der Waals surface area (Å²) in [5.74, 6) is 1.60. The van der Waals surface area contributed by atoms with Gasteiger partial charge in [0.05, 0.1) is 6.61 Å². The normalized spacial score (nSPS) is 20.6. The highest BCUT2D eigenvalue weighted by molar-refractivity contribution is 5.35. The maximum Gasteiger partial charge on any atom is 0.122 e. The Morgan fingerprint density at radius 3 is 2.87 bits per heavy atom. The van der Waals surface area contributed by atoms with Crippen LogP contribution in [0.4, 0.5) is 0 Å². The molecule has 82 valence electrons. The lowest BCUT2D eigenvalue weighted by Crippen LogP contribution is -2.37. The van der Waals surface area contributed by atoms with Crippen molar-refractivity contribution in [3.8, 4) is 5.75 Å². The minimum atomic E-state index is -0.0969. The maximum absolute atomic E-state index is 6.03. The van der Waals surface area contributed by atoms with E-state index in [1.54, 1.807) is 0 Å². The molecule has 0 fully saturated rings. The van der Waals surface area contributed by atoms with Gasteiger partial charge in [0.25, 0.3) is 0 Å². The molecule has 15 heavy (non-hydrogen) atoms. The SMILES string of the molecule is CC(C)(N)CC1COc2ccccc2C1. The Hall–Kier alpha value is -1.02. The largest absolute Gasteiger partial charge is 0.493 e. The first-order chi connectivity index (χ1) is 7.04. The van der Waals surface area contributed by atoms with Crippen LogP contribution in [0.2, 0.25) is 0 Å². The van der Waals surface area contributed by atoms with E-state index in [0.717, 1.165) is 25.2 Å². The molecule has 0 aromatic heterocycles. The molecular formula is C13H19NO. The van der Waals surface area contributed by atoms with E-state index < -0.39 is 0 Å². The van der Waals surface area contributed by atoms with Gasteiger partial charge in [0.15, 0.2) is 0 Å². The molecule has 0 spiro atoms. The molecule has 0 bridgehead atoms. The topological polar surface area (TPSA) is 35.2 Å². The quantitative estimate of drug-likeness (QED) is 0.804. The molecule has 0 saturated carbocycles. The number of fused-ring (bicyclic) bond motifs is 1. The van der Waals surface area contributed by atoms with Crippen LogP contribution in [0.3, 0.4) is 0 Å². The molecule has 1 aliphatic rings. The van der Waals surface area contributed by atoms with E-state index in [-0.39, 0.29) is 5.54 Å². The first kappa shape index (κ1) is 10.5. The van der Waals surface area contributed by atoms with E-state index in [0.29, 0.717) is 5.92 Å². The molecule has 1 aliphatic heterocycles. The lowest BCUT2D eigenvalue weighted by atomic mass is 9.86. The smallest absolute Gasteiger partial charge is 0.122 e. The molecule has 2 heteroatoms. The highest BCUT2D eigenvalue weighted by atomic mass is 16.5.